The standard InChI is InChI=1S/C19H26N2O3/c1-12(14-9-8-13(23-3)11-16(14)24-4)20-21-18(22)17-15-7-5-6-10-19(15,17)2/h8-9,11,15,17H,5-7,10H2,1-4H3,(H,21,22)/b20-12-/t15-,17-,19+/m0/s1. The second kappa shape index (κ2) is 6.46. The Morgan fingerprint density at radius 3 is 2.71 bits per heavy atom. The Balaban J connectivity index is 1.70. The van der Waals surface area contributed by atoms with Crippen LogP contribution in [0.3, 0.4) is 0 Å². The first-order valence-electron chi connectivity index (χ1n) is 8.58. The van der Waals surface area contributed by atoms with Gasteiger partial charge in [-0.15, -0.1) is 0 Å². The molecule has 0 aliphatic heterocycles. The van der Waals surface area contributed by atoms with Gasteiger partial charge in [-0.3, -0.25) is 4.79 Å². The van der Waals surface area contributed by atoms with Crippen LogP contribution in [0.15, 0.2) is 23.3 Å². The molecule has 5 nitrogen and oxygen atoms in total. The smallest absolute Gasteiger partial charge is 0.244 e. The molecule has 0 spiro atoms. The normalized spacial score (nSPS) is 28.8. The Labute approximate surface area is 143 Å². The molecular weight excluding hydrogens is 304 g/mol. The van der Waals surface area contributed by atoms with Crippen LogP contribution in [0.2, 0.25) is 0 Å². The first-order valence-corrected chi connectivity index (χ1v) is 8.58. The zero-order valence-corrected chi connectivity index (χ0v) is 14.9. The molecule has 24 heavy (non-hydrogen) atoms. The average molecular weight is 330 g/mol. The zero-order valence-electron chi connectivity index (χ0n) is 14.9. The number of rotatable bonds is 5. The molecular formula is C19H26N2O3. The van der Waals surface area contributed by atoms with Crippen LogP contribution >= 0.6 is 0 Å². The summed E-state index contributed by atoms with van der Waals surface area (Å²) >= 11 is 0. The molecule has 0 aromatic heterocycles. The molecule has 1 aromatic carbocycles. The first kappa shape index (κ1) is 16.8. The van der Waals surface area contributed by atoms with Crippen LogP contribution in [-0.2, 0) is 4.79 Å². The number of nitrogens with one attached hydrogen (secondary N) is 1. The lowest BCUT2D eigenvalue weighted by Gasteiger charge is -2.15. The number of hydrazone groups is 1. The molecule has 5 heteroatoms. The minimum absolute atomic E-state index is 0.0521. The maximum atomic E-state index is 12.5. The second-order valence-corrected chi connectivity index (χ2v) is 7.08. The van der Waals surface area contributed by atoms with Crippen LogP contribution in [0.25, 0.3) is 0 Å². The molecule has 3 atom stereocenters. The number of carbonyl (C=O) groups excluding carboxylic acids is 1. The van der Waals surface area contributed by atoms with Crippen molar-refractivity contribution in [3.05, 3.63) is 23.8 Å². The van der Waals surface area contributed by atoms with Gasteiger partial charge in [0.05, 0.1) is 19.9 Å². The number of nitrogens with zero attached hydrogens (tertiary/aromatic N) is 1. The second-order valence-electron chi connectivity index (χ2n) is 7.08. The maximum absolute atomic E-state index is 12.5. The molecule has 1 N–H and O–H groups in total. The molecule has 2 fully saturated rings. The minimum Gasteiger partial charge on any atom is -0.497 e. The number of hydrogen-bond donors (Lipinski definition) is 1. The van der Waals surface area contributed by atoms with Gasteiger partial charge in [0.25, 0.3) is 0 Å². The van der Waals surface area contributed by atoms with Crippen molar-refractivity contribution in [3.8, 4) is 11.5 Å². The van der Waals surface area contributed by atoms with E-state index in [0.29, 0.717) is 11.7 Å². The molecule has 1 aromatic rings. The number of hydrogen-bond acceptors (Lipinski definition) is 4. The lowest BCUT2D eigenvalue weighted by molar-refractivity contribution is -0.123. The van der Waals surface area contributed by atoms with Crippen LogP contribution in [-0.4, -0.2) is 25.8 Å². The summed E-state index contributed by atoms with van der Waals surface area (Å²) in [7, 11) is 3.23. The molecule has 0 heterocycles. The van der Waals surface area contributed by atoms with Crippen molar-refractivity contribution in [1.29, 1.82) is 0 Å². The number of carbonyl (C=O) groups is 1. The van der Waals surface area contributed by atoms with Crippen molar-refractivity contribution in [2.24, 2.45) is 22.4 Å². The minimum atomic E-state index is 0.0521. The predicted octanol–water partition coefficient (Wildman–Crippen LogP) is 3.37. The third-order valence-corrected chi connectivity index (χ3v) is 5.75. The van der Waals surface area contributed by atoms with E-state index in [1.807, 2.05) is 25.1 Å². The quantitative estimate of drug-likeness (QED) is 0.665. The fourth-order valence-corrected chi connectivity index (χ4v) is 4.22. The molecule has 3 rings (SSSR count). The van der Waals surface area contributed by atoms with Crippen LogP contribution in [0, 0.1) is 17.3 Å². The summed E-state index contributed by atoms with van der Waals surface area (Å²) in [5.74, 6) is 2.11. The fourth-order valence-electron chi connectivity index (χ4n) is 4.22. The molecule has 0 bridgehead atoms. The summed E-state index contributed by atoms with van der Waals surface area (Å²) in [6, 6.07) is 5.56. The molecule has 0 unspecified atom stereocenters. The van der Waals surface area contributed by atoms with Crippen molar-refractivity contribution >= 4 is 11.6 Å². The highest BCUT2D eigenvalue weighted by Crippen LogP contribution is 2.66. The Bertz CT molecular complexity index is 671. The number of ether oxygens (including phenoxy) is 2. The van der Waals surface area contributed by atoms with Gasteiger partial charge in [0.1, 0.15) is 11.5 Å². The van der Waals surface area contributed by atoms with E-state index in [4.69, 9.17) is 9.47 Å². The Kier molecular flexibility index (Phi) is 4.52. The fraction of sp³-hybridized carbons (Fsp3) is 0.579. The highest BCUT2D eigenvalue weighted by atomic mass is 16.5. The van der Waals surface area contributed by atoms with Gasteiger partial charge in [-0.2, -0.15) is 5.10 Å². The van der Waals surface area contributed by atoms with Crippen molar-refractivity contribution < 1.29 is 14.3 Å². The molecule has 1 amide bonds. The third-order valence-electron chi connectivity index (χ3n) is 5.75. The van der Waals surface area contributed by atoms with E-state index in [-0.39, 0.29) is 17.2 Å². The number of benzene rings is 1. The van der Waals surface area contributed by atoms with Gasteiger partial charge in [0.15, 0.2) is 0 Å². The summed E-state index contributed by atoms with van der Waals surface area (Å²) in [5, 5.41) is 4.30. The maximum Gasteiger partial charge on any atom is 0.244 e. The van der Waals surface area contributed by atoms with Crippen LogP contribution < -0.4 is 14.9 Å². The molecule has 2 aliphatic carbocycles. The van der Waals surface area contributed by atoms with Gasteiger partial charge in [-0.05, 0) is 43.2 Å². The van der Waals surface area contributed by atoms with Crippen molar-refractivity contribution in [1.82, 2.24) is 5.43 Å². The SMILES string of the molecule is COc1ccc(/C(C)=N\NC(=O)[C@@H]2[C@@H]3CCCC[C@@]23C)c(OC)c1. The highest BCUT2D eigenvalue weighted by molar-refractivity contribution is 6.02. The summed E-state index contributed by atoms with van der Waals surface area (Å²) in [4.78, 5) is 12.5. The number of methoxy groups -OCH3 is 2. The van der Waals surface area contributed by atoms with E-state index >= 15 is 0 Å². The molecule has 130 valence electrons. The monoisotopic (exact) mass is 330 g/mol. The third kappa shape index (κ3) is 2.87. The lowest BCUT2D eigenvalue weighted by atomic mass is 9.90. The lowest BCUT2D eigenvalue weighted by Crippen LogP contribution is -2.23. The van der Waals surface area contributed by atoms with Crippen LogP contribution in [0.1, 0.15) is 45.1 Å². The van der Waals surface area contributed by atoms with Gasteiger partial charge in [0, 0.05) is 17.5 Å². The van der Waals surface area contributed by atoms with Gasteiger partial charge >= 0.3 is 0 Å². The average Bonchev–Trinajstić information content (AvgIpc) is 3.24. The Morgan fingerprint density at radius 2 is 2.08 bits per heavy atom. The van der Waals surface area contributed by atoms with Gasteiger partial charge in [-0.1, -0.05) is 19.8 Å². The van der Waals surface area contributed by atoms with Crippen molar-refractivity contribution in [2.45, 2.75) is 39.5 Å². The van der Waals surface area contributed by atoms with E-state index in [1.165, 1.54) is 19.3 Å². The van der Waals surface area contributed by atoms with Gasteiger partial charge < -0.3 is 9.47 Å². The molecule has 2 aliphatic rings. The van der Waals surface area contributed by atoms with E-state index in [9.17, 15) is 4.79 Å². The summed E-state index contributed by atoms with van der Waals surface area (Å²) in [6.45, 7) is 4.11. The predicted molar refractivity (Wildman–Crippen MR) is 93.5 cm³/mol. The molecule has 0 radical (unpaired) electrons. The van der Waals surface area contributed by atoms with Crippen LogP contribution in [0.5, 0.6) is 11.5 Å². The zero-order chi connectivity index (χ0) is 17.3. The Hall–Kier alpha value is -2.04. The number of amides is 1. The van der Waals surface area contributed by atoms with Gasteiger partial charge in [0.2, 0.25) is 5.91 Å². The summed E-state index contributed by atoms with van der Waals surface area (Å²) in [5.41, 5.74) is 4.53. The molecule has 2 saturated carbocycles. The first-order chi connectivity index (χ1) is 11.5. The number of fused-ring (bicyclic) bond motifs is 1. The van der Waals surface area contributed by atoms with E-state index < -0.39 is 0 Å². The topological polar surface area (TPSA) is 59.9 Å². The van der Waals surface area contributed by atoms with E-state index in [1.54, 1.807) is 14.2 Å². The van der Waals surface area contributed by atoms with E-state index in [0.717, 1.165) is 23.4 Å². The highest BCUT2D eigenvalue weighted by Gasteiger charge is 2.64. The van der Waals surface area contributed by atoms with Crippen LogP contribution in [0.4, 0.5) is 0 Å². The molecule has 0 saturated heterocycles. The largest absolute Gasteiger partial charge is 0.497 e. The van der Waals surface area contributed by atoms with Crippen molar-refractivity contribution in [2.75, 3.05) is 14.2 Å². The van der Waals surface area contributed by atoms with Gasteiger partial charge in [-0.25, -0.2) is 5.43 Å². The summed E-state index contributed by atoms with van der Waals surface area (Å²) < 4.78 is 10.6. The Morgan fingerprint density at radius 1 is 1.29 bits per heavy atom. The van der Waals surface area contributed by atoms with Crippen molar-refractivity contribution in [3.63, 3.8) is 0 Å². The van der Waals surface area contributed by atoms with E-state index in [2.05, 4.69) is 17.5 Å². The summed E-state index contributed by atoms with van der Waals surface area (Å²) in [6.07, 6.45) is 4.81.